The lowest BCUT2D eigenvalue weighted by Crippen LogP contribution is -2.01. The van der Waals surface area contributed by atoms with E-state index in [9.17, 15) is 8.42 Å². The van der Waals surface area contributed by atoms with Crippen molar-refractivity contribution < 1.29 is 17.9 Å². The largest absolute Gasteiger partial charge is 0.490 e. The minimum atomic E-state index is -3.90. The summed E-state index contributed by atoms with van der Waals surface area (Å²) < 4.78 is 33.1. The van der Waals surface area contributed by atoms with Crippen LogP contribution in [-0.2, 0) is 9.05 Å². The normalized spacial score (nSPS) is 11.3. The zero-order chi connectivity index (χ0) is 13.1. The first-order valence-corrected chi connectivity index (χ1v) is 7.62. The fourth-order valence-corrected chi connectivity index (χ4v) is 2.74. The van der Waals surface area contributed by atoms with E-state index in [1.807, 2.05) is 0 Å². The third-order valence-corrected chi connectivity index (χ3v) is 3.65. The van der Waals surface area contributed by atoms with Crippen LogP contribution in [0.3, 0.4) is 0 Å². The molecule has 4 nitrogen and oxygen atoms in total. The Labute approximate surface area is 110 Å². The topological polar surface area (TPSA) is 52.6 Å². The van der Waals surface area contributed by atoms with Crippen molar-refractivity contribution in [3.05, 3.63) is 17.2 Å². The minimum absolute atomic E-state index is 0.00639. The van der Waals surface area contributed by atoms with Gasteiger partial charge >= 0.3 is 0 Å². The highest BCUT2D eigenvalue weighted by Gasteiger charge is 2.19. The highest BCUT2D eigenvalue weighted by molar-refractivity contribution is 8.13. The molecule has 1 rings (SSSR count). The van der Waals surface area contributed by atoms with Crippen LogP contribution in [0.1, 0.15) is 13.8 Å². The third kappa shape index (κ3) is 3.66. The van der Waals surface area contributed by atoms with Crippen molar-refractivity contribution in [2.45, 2.75) is 18.7 Å². The summed E-state index contributed by atoms with van der Waals surface area (Å²) in [5.41, 5.74) is 0. The summed E-state index contributed by atoms with van der Waals surface area (Å²) in [6, 6.07) is 2.64. The lowest BCUT2D eigenvalue weighted by Gasteiger charge is -2.12. The Hall–Kier alpha value is -0.650. The number of benzene rings is 1. The molecule has 0 saturated heterocycles. The summed E-state index contributed by atoms with van der Waals surface area (Å²) in [5.74, 6) is 0.696. The molecule has 0 saturated carbocycles. The quantitative estimate of drug-likeness (QED) is 0.784. The number of ether oxygens (including phenoxy) is 2. The minimum Gasteiger partial charge on any atom is -0.490 e. The van der Waals surface area contributed by atoms with Gasteiger partial charge in [-0.25, -0.2) is 8.42 Å². The van der Waals surface area contributed by atoms with E-state index in [-0.39, 0.29) is 9.92 Å². The molecule has 0 atom stereocenters. The van der Waals surface area contributed by atoms with Crippen LogP contribution in [0.5, 0.6) is 11.5 Å². The maximum atomic E-state index is 11.3. The van der Waals surface area contributed by atoms with Crippen LogP contribution < -0.4 is 9.47 Å². The van der Waals surface area contributed by atoms with Crippen molar-refractivity contribution in [3.63, 3.8) is 0 Å². The van der Waals surface area contributed by atoms with Crippen molar-refractivity contribution in [1.82, 2.24) is 0 Å². The molecule has 0 heterocycles. The van der Waals surface area contributed by atoms with Crippen LogP contribution >= 0.6 is 22.3 Å². The SMILES string of the molecule is CCOc1cc(Cl)c(S(=O)(=O)Cl)cc1OCC. The van der Waals surface area contributed by atoms with E-state index >= 15 is 0 Å². The van der Waals surface area contributed by atoms with E-state index in [1.165, 1.54) is 12.1 Å². The van der Waals surface area contributed by atoms with Gasteiger partial charge in [0.05, 0.1) is 18.2 Å². The fraction of sp³-hybridized carbons (Fsp3) is 0.400. The molecule has 0 unspecified atom stereocenters. The highest BCUT2D eigenvalue weighted by atomic mass is 35.7. The Morgan fingerprint density at radius 1 is 1.12 bits per heavy atom. The molecule has 0 fully saturated rings. The van der Waals surface area contributed by atoms with Gasteiger partial charge in [-0.2, -0.15) is 0 Å². The fourth-order valence-electron chi connectivity index (χ4n) is 1.24. The number of halogens is 2. The maximum absolute atomic E-state index is 11.3. The lowest BCUT2D eigenvalue weighted by atomic mass is 10.3. The molecule has 7 heteroatoms. The van der Waals surface area contributed by atoms with Gasteiger partial charge in [-0.3, -0.25) is 0 Å². The molecule has 0 aliphatic rings. The Balaban J connectivity index is 3.34. The van der Waals surface area contributed by atoms with Crippen molar-refractivity contribution in [2.75, 3.05) is 13.2 Å². The Morgan fingerprint density at radius 3 is 2.00 bits per heavy atom. The van der Waals surface area contributed by atoms with Gasteiger partial charge in [0.15, 0.2) is 11.5 Å². The lowest BCUT2D eigenvalue weighted by molar-refractivity contribution is 0.287. The molecule has 0 bridgehead atoms. The van der Waals surface area contributed by atoms with Gasteiger partial charge in [0.1, 0.15) is 4.90 Å². The molecule has 17 heavy (non-hydrogen) atoms. The van der Waals surface area contributed by atoms with Crippen molar-refractivity contribution in [3.8, 4) is 11.5 Å². The van der Waals surface area contributed by atoms with E-state index < -0.39 is 9.05 Å². The number of hydrogen-bond acceptors (Lipinski definition) is 4. The predicted octanol–water partition coefficient (Wildman–Crippen LogP) is 3.06. The highest BCUT2D eigenvalue weighted by Crippen LogP contribution is 2.36. The standard InChI is InChI=1S/C10H12Cl2O4S/c1-3-15-8-5-7(11)10(17(12,13)14)6-9(8)16-4-2/h5-6H,3-4H2,1-2H3. The van der Waals surface area contributed by atoms with E-state index in [0.717, 1.165) is 0 Å². The molecule has 1 aromatic rings. The van der Waals surface area contributed by atoms with Gasteiger partial charge in [-0.05, 0) is 13.8 Å². The Morgan fingerprint density at radius 2 is 1.59 bits per heavy atom. The summed E-state index contributed by atoms with van der Waals surface area (Å²) in [5, 5.41) is 0.00639. The molecule has 0 spiro atoms. The molecule has 0 amide bonds. The van der Waals surface area contributed by atoms with E-state index in [1.54, 1.807) is 13.8 Å². The average Bonchev–Trinajstić information content (AvgIpc) is 2.20. The first-order chi connectivity index (χ1) is 7.90. The summed E-state index contributed by atoms with van der Waals surface area (Å²) in [6.45, 7) is 4.38. The molecule has 0 N–H and O–H groups in total. The molecular weight excluding hydrogens is 287 g/mol. The van der Waals surface area contributed by atoms with Crippen molar-refractivity contribution in [1.29, 1.82) is 0 Å². The summed E-state index contributed by atoms with van der Waals surface area (Å²) in [6.07, 6.45) is 0. The van der Waals surface area contributed by atoms with Crippen LogP contribution in [0.15, 0.2) is 17.0 Å². The first kappa shape index (κ1) is 14.4. The zero-order valence-electron chi connectivity index (χ0n) is 9.37. The van der Waals surface area contributed by atoms with Gasteiger partial charge in [-0.15, -0.1) is 0 Å². The number of rotatable bonds is 5. The monoisotopic (exact) mass is 298 g/mol. The molecule has 96 valence electrons. The van der Waals surface area contributed by atoms with Crippen LogP contribution in [0.2, 0.25) is 5.02 Å². The van der Waals surface area contributed by atoms with Gasteiger partial charge < -0.3 is 9.47 Å². The maximum Gasteiger partial charge on any atom is 0.262 e. The summed E-state index contributed by atoms with van der Waals surface area (Å²) >= 11 is 5.82. The van der Waals surface area contributed by atoms with Crippen molar-refractivity contribution >= 4 is 31.3 Å². The number of hydrogen-bond donors (Lipinski definition) is 0. The Kier molecular flexibility index (Phi) is 4.91. The average molecular weight is 299 g/mol. The molecular formula is C10H12Cl2O4S. The predicted molar refractivity (Wildman–Crippen MR) is 66.8 cm³/mol. The third-order valence-electron chi connectivity index (χ3n) is 1.86. The van der Waals surface area contributed by atoms with Gasteiger partial charge in [0, 0.05) is 22.8 Å². The molecule has 1 aromatic carbocycles. The summed E-state index contributed by atoms with van der Waals surface area (Å²) in [4.78, 5) is -0.187. The second-order valence-electron chi connectivity index (χ2n) is 3.03. The zero-order valence-corrected chi connectivity index (χ0v) is 11.7. The van der Waals surface area contributed by atoms with Gasteiger partial charge in [0.2, 0.25) is 0 Å². The van der Waals surface area contributed by atoms with E-state index in [4.69, 9.17) is 31.8 Å². The Bertz CT molecular complexity index is 499. The smallest absolute Gasteiger partial charge is 0.262 e. The van der Waals surface area contributed by atoms with Gasteiger partial charge in [0.25, 0.3) is 9.05 Å². The molecule has 0 radical (unpaired) electrons. The van der Waals surface area contributed by atoms with Crippen LogP contribution in [0.25, 0.3) is 0 Å². The molecule has 0 aromatic heterocycles. The molecule has 0 aliphatic carbocycles. The summed E-state index contributed by atoms with van der Waals surface area (Å²) in [7, 11) is 1.36. The van der Waals surface area contributed by atoms with E-state index in [2.05, 4.69) is 0 Å². The van der Waals surface area contributed by atoms with Crippen LogP contribution in [0.4, 0.5) is 0 Å². The van der Waals surface area contributed by atoms with Crippen molar-refractivity contribution in [2.24, 2.45) is 0 Å². The van der Waals surface area contributed by atoms with Crippen LogP contribution in [0, 0.1) is 0 Å². The second-order valence-corrected chi connectivity index (χ2v) is 5.97. The molecule has 0 aliphatic heterocycles. The van der Waals surface area contributed by atoms with Crippen LogP contribution in [-0.4, -0.2) is 21.6 Å². The van der Waals surface area contributed by atoms with E-state index in [0.29, 0.717) is 24.7 Å². The van der Waals surface area contributed by atoms with Gasteiger partial charge in [-0.1, -0.05) is 11.6 Å². The first-order valence-electron chi connectivity index (χ1n) is 4.94. The second kappa shape index (κ2) is 5.80.